The van der Waals surface area contributed by atoms with E-state index in [-0.39, 0.29) is 6.61 Å². The van der Waals surface area contributed by atoms with Gasteiger partial charge < -0.3 is 9.47 Å². The second-order valence-corrected chi connectivity index (χ2v) is 4.33. The molecule has 0 spiro atoms. The molecule has 1 fully saturated rings. The number of benzene rings is 1. The van der Waals surface area contributed by atoms with Gasteiger partial charge in [0.15, 0.2) is 6.04 Å². The van der Waals surface area contributed by atoms with E-state index in [9.17, 15) is 14.4 Å². The zero-order chi connectivity index (χ0) is 14.7. The van der Waals surface area contributed by atoms with Gasteiger partial charge in [0.25, 0.3) is 5.91 Å². The third-order valence-electron chi connectivity index (χ3n) is 2.97. The SMILES string of the molecule is CCOC(=O)[C@H]1[C@H](C)OC(=O)N1C(=O)c1ccccc1. The lowest BCUT2D eigenvalue weighted by Gasteiger charge is -2.19. The van der Waals surface area contributed by atoms with Crippen molar-refractivity contribution in [3.05, 3.63) is 35.9 Å². The minimum atomic E-state index is -1.05. The standard InChI is InChI=1S/C14H15NO5/c1-3-19-13(17)11-9(2)20-14(18)15(11)12(16)10-7-5-4-6-8-10/h4-9,11H,3H2,1-2H3/t9-,11+/m0/s1. The molecule has 20 heavy (non-hydrogen) atoms. The molecule has 106 valence electrons. The number of carbonyl (C=O) groups excluding carboxylic acids is 3. The summed E-state index contributed by atoms with van der Waals surface area (Å²) in [6.45, 7) is 3.38. The lowest BCUT2D eigenvalue weighted by atomic mass is 10.1. The maximum Gasteiger partial charge on any atom is 0.418 e. The van der Waals surface area contributed by atoms with Crippen LogP contribution in [0, 0.1) is 0 Å². The highest BCUT2D eigenvalue weighted by Gasteiger charge is 2.48. The Balaban J connectivity index is 2.29. The summed E-state index contributed by atoms with van der Waals surface area (Å²) in [5.41, 5.74) is 0.313. The number of hydrogen-bond donors (Lipinski definition) is 0. The first-order chi connectivity index (χ1) is 9.56. The molecule has 0 saturated carbocycles. The zero-order valence-corrected chi connectivity index (χ0v) is 11.2. The Kier molecular flexibility index (Phi) is 4.02. The van der Waals surface area contributed by atoms with Gasteiger partial charge in [0.2, 0.25) is 0 Å². The fraction of sp³-hybridized carbons (Fsp3) is 0.357. The Labute approximate surface area is 116 Å². The molecular formula is C14H15NO5. The number of imide groups is 1. The number of rotatable bonds is 3. The monoisotopic (exact) mass is 277 g/mol. The maximum atomic E-state index is 12.3. The number of ether oxygens (including phenoxy) is 2. The molecular weight excluding hydrogens is 262 g/mol. The molecule has 1 saturated heterocycles. The molecule has 0 aromatic heterocycles. The van der Waals surface area contributed by atoms with Crippen molar-refractivity contribution in [1.29, 1.82) is 0 Å². The van der Waals surface area contributed by atoms with Crippen molar-refractivity contribution in [2.75, 3.05) is 6.61 Å². The van der Waals surface area contributed by atoms with Gasteiger partial charge in [0, 0.05) is 5.56 Å². The first-order valence-corrected chi connectivity index (χ1v) is 6.32. The van der Waals surface area contributed by atoms with E-state index in [2.05, 4.69) is 0 Å². The Hall–Kier alpha value is -2.37. The van der Waals surface area contributed by atoms with Gasteiger partial charge in [-0.05, 0) is 26.0 Å². The molecule has 6 heteroatoms. The smallest absolute Gasteiger partial charge is 0.418 e. The van der Waals surface area contributed by atoms with Crippen LogP contribution in [0.25, 0.3) is 0 Å². The summed E-state index contributed by atoms with van der Waals surface area (Å²) in [5, 5.41) is 0. The van der Waals surface area contributed by atoms with E-state index < -0.39 is 30.1 Å². The molecule has 6 nitrogen and oxygen atoms in total. The molecule has 0 bridgehead atoms. The van der Waals surface area contributed by atoms with Crippen LogP contribution in [0.5, 0.6) is 0 Å². The Bertz CT molecular complexity index is 528. The second-order valence-electron chi connectivity index (χ2n) is 4.33. The molecule has 0 aliphatic carbocycles. The predicted octanol–water partition coefficient (Wildman–Crippen LogP) is 1.60. The second kappa shape index (κ2) is 5.73. The van der Waals surface area contributed by atoms with E-state index in [0.29, 0.717) is 5.56 Å². The number of hydrogen-bond acceptors (Lipinski definition) is 5. The van der Waals surface area contributed by atoms with Crippen molar-refractivity contribution in [1.82, 2.24) is 4.90 Å². The third-order valence-corrected chi connectivity index (χ3v) is 2.97. The number of carbonyl (C=O) groups is 3. The lowest BCUT2D eigenvalue weighted by molar-refractivity contribution is -0.148. The molecule has 2 amide bonds. The van der Waals surface area contributed by atoms with Gasteiger partial charge in [-0.2, -0.15) is 0 Å². The molecule has 0 N–H and O–H groups in total. The molecule has 2 rings (SSSR count). The Morgan fingerprint density at radius 2 is 1.95 bits per heavy atom. The highest BCUT2D eigenvalue weighted by Crippen LogP contribution is 2.23. The summed E-state index contributed by atoms with van der Waals surface area (Å²) in [7, 11) is 0. The van der Waals surface area contributed by atoms with Crippen LogP contribution in [0.4, 0.5) is 4.79 Å². The molecule has 1 aliphatic rings. The van der Waals surface area contributed by atoms with Crippen LogP contribution in [-0.2, 0) is 14.3 Å². The molecule has 2 atom stereocenters. The summed E-state index contributed by atoms with van der Waals surface area (Å²) in [5.74, 6) is -1.21. The molecule has 0 radical (unpaired) electrons. The van der Waals surface area contributed by atoms with Crippen LogP contribution >= 0.6 is 0 Å². The fourth-order valence-corrected chi connectivity index (χ4v) is 2.06. The van der Waals surface area contributed by atoms with Crippen LogP contribution in [0.3, 0.4) is 0 Å². The van der Waals surface area contributed by atoms with Gasteiger partial charge in [-0.25, -0.2) is 14.5 Å². The predicted molar refractivity (Wildman–Crippen MR) is 69.0 cm³/mol. The summed E-state index contributed by atoms with van der Waals surface area (Å²) in [4.78, 5) is 36.8. The average molecular weight is 277 g/mol. The van der Waals surface area contributed by atoms with Gasteiger partial charge in [0.05, 0.1) is 6.61 Å². The van der Waals surface area contributed by atoms with Gasteiger partial charge in [-0.1, -0.05) is 18.2 Å². The number of esters is 1. The Morgan fingerprint density at radius 3 is 2.55 bits per heavy atom. The first-order valence-electron chi connectivity index (χ1n) is 6.32. The average Bonchev–Trinajstić information content (AvgIpc) is 2.74. The van der Waals surface area contributed by atoms with Crippen LogP contribution < -0.4 is 0 Å². The fourth-order valence-electron chi connectivity index (χ4n) is 2.06. The molecule has 1 aliphatic heterocycles. The van der Waals surface area contributed by atoms with E-state index in [1.807, 2.05) is 0 Å². The number of amides is 2. The largest absolute Gasteiger partial charge is 0.464 e. The van der Waals surface area contributed by atoms with Gasteiger partial charge in [-0.3, -0.25) is 4.79 Å². The molecule has 1 aromatic carbocycles. The zero-order valence-electron chi connectivity index (χ0n) is 11.2. The summed E-state index contributed by atoms with van der Waals surface area (Å²) >= 11 is 0. The van der Waals surface area contributed by atoms with Crippen molar-refractivity contribution in [2.45, 2.75) is 26.0 Å². The quantitative estimate of drug-likeness (QED) is 0.785. The van der Waals surface area contributed by atoms with Crippen molar-refractivity contribution in [3.8, 4) is 0 Å². The highest BCUT2D eigenvalue weighted by molar-refractivity contribution is 6.06. The summed E-state index contributed by atoms with van der Waals surface area (Å²) in [6, 6.07) is 7.20. The van der Waals surface area contributed by atoms with Crippen LogP contribution in [-0.4, -0.2) is 41.6 Å². The minimum absolute atomic E-state index is 0.170. The van der Waals surface area contributed by atoms with Crippen molar-refractivity contribution in [2.24, 2.45) is 0 Å². The van der Waals surface area contributed by atoms with Gasteiger partial charge >= 0.3 is 12.1 Å². The van der Waals surface area contributed by atoms with E-state index in [0.717, 1.165) is 4.90 Å². The van der Waals surface area contributed by atoms with E-state index >= 15 is 0 Å². The van der Waals surface area contributed by atoms with Crippen molar-refractivity contribution < 1.29 is 23.9 Å². The van der Waals surface area contributed by atoms with E-state index in [4.69, 9.17) is 9.47 Å². The number of cyclic esters (lactones) is 1. The lowest BCUT2D eigenvalue weighted by Crippen LogP contribution is -2.46. The normalized spacial score (nSPS) is 21.5. The minimum Gasteiger partial charge on any atom is -0.464 e. The Morgan fingerprint density at radius 1 is 1.30 bits per heavy atom. The van der Waals surface area contributed by atoms with Crippen LogP contribution in [0.15, 0.2) is 30.3 Å². The van der Waals surface area contributed by atoms with E-state index in [1.54, 1.807) is 44.2 Å². The van der Waals surface area contributed by atoms with Crippen molar-refractivity contribution >= 4 is 18.0 Å². The topological polar surface area (TPSA) is 72.9 Å². The highest BCUT2D eigenvalue weighted by atomic mass is 16.6. The first kappa shape index (κ1) is 14.0. The number of nitrogens with zero attached hydrogens (tertiary/aromatic N) is 1. The third kappa shape index (κ3) is 2.49. The summed E-state index contributed by atoms with van der Waals surface area (Å²) in [6.07, 6.45) is -1.56. The molecule has 1 heterocycles. The molecule has 1 aromatic rings. The van der Waals surface area contributed by atoms with E-state index in [1.165, 1.54) is 0 Å². The summed E-state index contributed by atoms with van der Waals surface area (Å²) < 4.78 is 9.86. The van der Waals surface area contributed by atoms with Crippen molar-refractivity contribution in [3.63, 3.8) is 0 Å². The maximum absolute atomic E-state index is 12.3. The van der Waals surface area contributed by atoms with Gasteiger partial charge in [-0.15, -0.1) is 0 Å². The van der Waals surface area contributed by atoms with Crippen LogP contribution in [0.2, 0.25) is 0 Å². The van der Waals surface area contributed by atoms with Crippen LogP contribution in [0.1, 0.15) is 24.2 Å². The van der Waals surface area contributed by atoms with Gasteiger partial charge in [0.1, 0.15) is 6.10 Å². The molecule has 0 unspecified atom stereocenters.